The van der Waals surface area contributed by atoms with Gasteiger partial charge in [-0.25, -0.2) is 15.0 Å². The molecule has 0 spiro atoms. The summed E-state index contributed by atoms with van der Waals surface area (Å²) in [6.45, 7) is 0. The van der Waals surface area contributed by atoms with E-state index in [-0.39, 0.29) is 0 Å². The molecule has 0 aliphatic heterocycles. The first-order valence-corrected chi connectivity index (χ1v) is 15.6. The van der Waals surface area contributed by atoms with Gasteiger partial charge in [-0.1, -0.05) is 109 Å². The van der Waals surface area contributed by atoms with Crippen molar-refractivity contribution in [1.29, 1.82) is 0 Å². The molecule has 0 aliphatic rings. The summed E-state index contributed by atoms with van der Waals surface area (Å²) in [4.78, 5) is 19.9. The van der Waals surface area contributed by atoms with Gasteiger partial charge in [-0.15, -0.1) is 0 Å². The van der Waals surface area contributed by atoms with Crippen LogP contribution >= 0.6 is 0 Å². The number of nitrogens with zero attached hydrogens (tertiary/aromatic N) is 4. The summed E-state index contributed by atoms with van der Waals surface area (Å²) >= 11 is 0. The van der Waals surface area contributed by atoms with Crippen molar-refractivity contribution in [2.75, 3.05) is 0 Å². The minimum Gasteiger partial charge on any atom is -0.454 e. The lowest BCUT2D eigenvalue weighted by molar-refractivity contribution is 0.672. The largest absolute Gasteiger partial charge is 0.454 e. The molecular weight excluding hydrogens is 576 g/mol. The molecule has 0 bridgehead atoms. The Morgan fingerprint density at radius 2 is 1.11 bits per heavy atom. The number of hydrogen-bond donors (Lipinski definition) is 0. The molecule has 10 aromatic rings. The van der Waals surface area contributed by atoms with Crippen LogP contribution in [0.25, 0.3) is 99.3 Å². The van der Waals surface area contributed by atoms with E-state index in [1.165, 1.54) is 21.5 Å². The van der Waals surface area contributed by atoms with E-state index in [1.54, 1.807) is 6.20 Å². The van der Waals surface area contributed by atoms with Crippen LogP contribution in [0.3, 0.4) is 0 Å². The van der Waals surface area contributed by atoms with Crippen molar-refractivity contribution in [1.82, 2.24) is 19.9 Å². The molecule has 5 nitrogen and oxygen atoms in total. The SMILES string of the molecule is c1ccc(-c2nc(-c3ccc4ccc5c6ncccc6oc5c4c3)nc(-c3cc4ccc5ccccc5c4c4ccccc34)n2)cc1. The molecule has 47 heavy (non-hydrogen) atoms. The molecule has 7 aromatic carbocycles. The summed E-state index contributed by atoms with van der Waals surface area (Å²) in [5.41, 5.74) is 5.22. The maximum Gasteiger partial charge on any atom is 0.164 e. The van der Waals surface area contributed by atoms with Crippen LogP contribution in [0.1, 0.15) is 0 Å². The van der Waals surface area contributed by atoms with Gasteiger partial charge in [0.1, 0.15) is 11.1 Å². The average molecular weight is 601 g/mol. The first-order valence-electron chi connectivity index (χ1n) is 15.6. The Kier molecular flexibility index (Phi) is 5.51. The van der Waals surface area contributed by atoms with Crippen molar-refractivity contribution >= 4 is 65.2 Å². The second-order valence-electron chi connectivity index (χ2n) is 11.9. The summed E-state index contributed by atoms with van der Waals surface area (Å²) in [5.74, 6) is 1.86. The quantitative estimate of drug-likeness (QED) is 0.189. The monoisotopic (exact) mass is 600 g/mol. The zero-order valence-electron chi connectivity index (χ0n) is 25.1. The van der Waals surface area contributed by atoms with Crippen LogP contribution in [-0.4, -0.2) is 19.9 Å². The third-order valence-electron chi connectivity index (χ3n) is 9.12. The van der Waals surface area contributed by atoms with E-state index in [0.29, 0.717) is 17.5 Å². The summed E-state index contributed by atoms with van der Waals surface area (Å²) < 4.78 is 6.35. The maximum atomic E-state index is 6.35. The fraction of sp³-hybridized carbons (Fsp3) is 0. The van der Waals surface area contributed by atoms with Crippen molar-refractivity contribution < 1.29 is 4.42 Å². The fourth-order valence-corrected chi connectivity index (χ4v) is 6.92. The van der Waals surface area contributed by atoms with Crippen molar-refractivity contribution in [3.8, 4) is 34.2 Å². The van der Waals surface area contributed by atoms with E-state index in [4.69, 9.17) is 19.4 Å². The van der Waals surface area contributed by atoms with Crippen molar-refractivity contribution in [3.63, 3.8) is 0 Å². The molecular formula is C42H24N4O. The van der Waals surface area contributed by atoms with E-state index >= 15 is 0 Å². The molecule has 0 aliphatic carbocycles. The first-order chi connectivity index (χ1) is 23.3. The second kappa shape index (κ2) is 10.0. The van der Waals surface area contributed by atoms with Crippen LogP contribution in [0, 0.1) is 0 Å². The number of furan rings is 1. The first kappa shape index (κ1) is 25.8. The van der Waals surface area contributed by atoms with Crippen LogP contribution in [0.15, 0.2) is 150 Å². The van der Waals surface area contributed by atoms with Crippen molar-refractivity contribution in [2.24, 2.45) is 0 Å². The highest BCUT2D eigenvalue weighted by molar-refractivity contribution is 6.23. The third kappa shape index (κ3) is 4.03. The summed E-state index contributed by atoms with van der Waals surface area (Å²) in [5, 5.41) is 10.2. The summed E-state index contributed by atoms with van der Waals surface area (Å²) in [7, 11) is 0. The molecule has 5 heteroatoms. The summed E-state index contributed by atoms with van der Waals surface area (Å²) in [6.07, 6.45) is 1.80. The smallest absolute Gasteiger partial charge is 0.164 e. The van der Waals surface area contributed by atoms with E-state index in [0.717, 1.165) is 60.3 Å². The second-order valence-corrected chi connectivity index (χ2v) is 11.9. The fourth-order valence-electron chi connectivity index (χ4n) is 6.92. The van der Waals surface area contributed by atoms with Crippen LogP contribution in [0.2, 0.25) is 0 Å². The van der Waals surface area contributed by atoms with Gasteiger partial charge in [-0.3, -0.25) is 4.98 Å². The van der Waals surface area contributed by atoms with E-state index < -0.39 is 0 Å². The minimum atomic E-state index is 0.602. The Labute approximate surface area is 268 Å². The maximum absolute atomic E-state index is 6.35. The molecule has 0 atom stereocenters. The Balaban J connectivity index is 1.25. The predicted molar refractivity (Wildman–Crippen MR) is 191 cm³/mol. The minimum absolute atomic E-state index is 0.602. The van der Waals surface area contributed by atoms with E-state index in [9.17, 15) is 0 Å². The number of rotatable bonds is 3. The normalized spacial score (nSPS) is 11.8. The predicted octanol–water partition coefficient (Wildman–Crippen LogP) is 10.8. The van der Waals surface area contributed by atoms with Gasteiger partial charge in [0, 0.05) is 33.7 Å². The zero-order chi connectivity index (χ0) is 30.9. The van der Waals surface area contributed by atoms with Crippen LogP contribution in [0.4, 0.5) is 0 Å². The molecule has 0 saturated heterocycles. The van der Waals surface area contributed by atoms with Crippen LogP contribution in [0.5, 0.6) is 0 Å². The number of pyridine rings is 1. The molecule has 0 saturated carbocycles. The molecule has 10 rings (SSSR count). The highest BCUT2D eigenvalue weighted by Gasteiger charge is 2.18. The lowest BCUT2D eigenvalue weighted by Gasteiger charge is -2.14. The molecule has 0 radical (unpaired) electrons. The van der Waals surface area contributed by atoms with Gasteiger partial charge in [-0.2, -0.15) is 0 Å². The number of fused-ring (bicyclic) bond motifs is 10. The topological polar surface area (TPSA) is 64.7 Å². The van der Waals surface area contributed by atoms with Gasteiger partial charge >= 0.3 is 0 Å². The van der Waals surface area contributed by atoms with Crippen molar-refractivity contribution in [2.45, 2.75) is 0 Å². The van der Waals surface area contributed by atoms with Gasteiger partial charge in [0.15, 0.2) is 23.1 Å². The average Bonchev–Trinajstić information content (AvgIpc) is 3.53. The van der Waals surface area contributed by atoms with Crippen LogP contribution < -0.4 is 0 Å². The standard InChI is InChI=1S/C42H24N4O/c1-2-10-27(11-3-1)40-44-41(29-19-17-26-20-21-33-38-36(15-8-22-43-38)47-39(33)34(26)24-29)46-42(45-40)35-23-28-18-16-25-9-4-5-12-30(25)37(28)32-14-7-6-13-31(32)35/h1-24H. The Bertz CT molecular complexity index is 2860. The molecule has 218 valence electrons. The Morgan fingerprint density at radius 1 is 0.426 bits per heavy atom. The van der Waals surface area contributed by atoms with Crippen molar-refractivity contribution in [3.05, 3.63) is 146 Å². The molecule has 3 aromatic heterocycles. The third-order valence-corrected chi connectivity index (χ3v) is 9.12. The molecule has 0 unspecified atom stereocenters. The summed E-state index contributed by atoms with van der Waals surface area (Å²) in [6, 6.07) is 48.2. The van der Waals surface area contributed by atoms with Crippen LogP contribution in [-0.2, 0) is 0 Å². The Hall–Kier alpha value is -6.46. The van der Waals surface area contributed by atoms with Gasteiger partial charge in [0.05, 0.1) is 0 Å². The zero-order valence-corrected chi connectivity index (χ0v) is 25.1. The number of aromatic nitrogens is 4. The van der Waals surface area contributed by atoms with E-state index in [2.05, 4.69) is 102 Å². The molecule has 0 N–H and O–H groups in total. The molecule has 0 amide bonds. The van der Waals surface area contributed by atoms with Gasteiger partial charge in [-0.05, 0) is 68.0 Å². The molecule has 3 heterocycles. The highest BCUT2D eigenvalue weighted by Crippen LogP contribution is 2.39. The van der Waals surface area contributed by atoms with Gasteiger partial charge in [0.25, 0.3) is 0 Å². The van der Waals surface area contributed by atoms with Gasteiger partial charge in [0.2, 0.25) is 0 Å². The molecule has 0 fully saturated rings. The Morgan fingerprint density at radius 3 is 2.00 bits per heavy atom. The van der Waals surface area contributed by atoms with Gasteiger partial charge < -0.3 is 4.42 Å². The number of benzene rings is 7. The number of hydrogen-bond acceptors (Lipinski definition) is 5. The lowest BCUT2D eigenvalue weighted by atomic mass is 9.93. The highest BCUT2D eigenvalue weighted by atomic mass is 16.3. The van der Waals surface area contributed by atoms with E-state index in [1.807, 2.05) is 42.5 Å². The lowest BCUT2D eigenvalue weighted by Crippen LogP contribution is -2.01.